The molecule has 3 heterocycles. The fraction of sp³-hybridized carbons (Fsp3) is 0.320. The van der Waals surface area contributed by atoms with Crippen molar-refractivity contribution in [3.05, 3.63) is 66.1 Å². The first-order valence-electron chi connectivity index (χ1n) is 11.3. The lowest BCUT2D eigenvalue weighted by molar-refractivity contribution is 0.0961. The second kappa shape index (κ2) is 10.4. The molecule has 0 spiro atoms. The van der Waals surface area contributed by atoms with Gasteiger partial charge in [0.1, 0.15) is 12.1 Å². The number of aryl methyl sites for hydroxylation is 1. The van der Waals surface area contributed by atoms with Crippen molar-refractivity contribution in [3.8, 4) is 11.3 Å². The van der Waals surface area contributed by atoms with Crippen LogP contribution in [0.2, 0.25) is 0 Å². The molecule has 0 aliphatic heterocycles. The molecule has 1 amide bonds. The summed E-state index contributed by atoms with van der Waals surface area (Å²) in [5.41, 5.74) is 3.27. The van der Waals surface area contributed by atoms with E-state index in [0.717, 1.165) is 36.0 Å². The molecule has 8 nitrogen and oxygen atoms in total. The van der Waals surface area contributed by atoms with Crippen LogP contribution in [0.3, 0.4) is 0 Å². The van der Waals surface area contributed by atoms with Crippen LogP contribution < -0.4 is 10.6 Å². The Morgan fingerprint density at radius 3 is 2.82 bits per heavy atom. The molecule has 0 unspecified atom stereocenters. The highest BCUT2D eigenvalue weighted by Gasteiger charge is 2.17. The molecule has 0 bridgehead atoms. The van der Waals surface area contributed by atoms with E-state index in [1.165, 1.54) is 13.4 Å². The molecule has 4 rings (SSSR count). The van der Waals surface area contributed by atoms with Gasteiger partial charge in [0.2, 0.25) is 0 Å². The van der Waals surface area contributed by atoms with E-state index in [-0.39, 0.29) is 5.56 Å². The number of anilines is 1. The molecule has 2 N–H and O–H groups in total. The Morgan fingerprint density at radius 2 is 2.03 bits per heavy atom. The zero-order chi connectivity index (χ0) is 24.1. The molecule has 0 saturated heterocycles. The number of hydrogen-bond acceptors (Lipinski definition) is 6. The number of rotatable bonds is 9. The predicted molar refractivity (Wildman–Crippen MR) is 130 cm³/mol. The molecule has 0 aliphatic carbocycles. The Morgan fingerprint density at radius 1 is 1.18 bits per heavy atom. The third-order valence-corrected chi connectivity index (χ3v) is 5.62. The van der Waals surface area contributed by atoms with Crippen molar-refractivity contribution in [3.63, 3.8) is 0 Å². The first-order valence-corrected chi connectivity index (χ1v) is 11.3. The van der Waals surface area contributed by atoms with Gasteiger partial charge in [0, 0.05) is 43.4 Å². The lowest BCUT2D eigenvalue weighted by Crippen LogP contribution is -2.20. The van der Waals surface area contributed by atoms with E-state index in [1.54, 1.807) is 6.07 Å². The van der Waals surface area contributed by atoms with Crippen LogP contribution >= 0.6 is 0 Å². The normalized spacial score (nSPS) is 11.2. The fourth-order valence-electron chi connectivity index (χ4n) is 3.76. The number of para-hydroxylation sites is 1. The van der Waals surface area contributed by atoms with Gasteiger partial charge in [0.05, 0.1) is 29.2 Å². The highest BCUT2D eigenvalue weighted by molar-refractivity contribution is 6.06. The zero-order valence-corrected chi connectivity index (χ0v) is 19.5. The van der Waals surface area contributed by atoms with Crippen LogP contribution in [0.5, 0.6) is 0 Å². The van der Waals surface area contributed by atoms with Gasteiger partial charge >= 0.3 is 0 Å². The van der Waals surface area contributed by atoms with Gasteiger partial charge < -0.3 is 10.6 Å². The van der Waals surface area contributed by atoms with Gasteiger partial charge in [-0.1, -0.05) is 32.0 Å². The van der Waals surface area contributed by atoms with Crippen molar-refractivity contribution in [2.24, 2.45) is 5.92 Å². The standard InChI is InChI=1S/C25H28FN7O/c1-16(2)8-10-33-14-18(12-32-33)21-11-22(31-15-30-21)28-9-7-17-5-4-6-19-23(25(34)27-3)20(26)13-29-24(17)19/h4-6,11-16H,7-10H2,1-3H3,(H,27,34)(H,28,30,31). The molecule has 9 heteroatoms. The minimum Gasteiger partial charge on any atom is -0.370 e. The summed E-state index contributed by atoms with van der Waals surface area (Å²) < 4.78 is 16.2. The Balaban J connectivity index is 1.46. The zero-order valence-electron chi connectivity index (χ0n) is 19.5. The van der Waals surface area contributed by atoms with Gasteiger partial charge in [-0.2, -0.15) is 5.10 Å². The molecule has 3 aromatic heterocycles. The number of nitrogens with zero attached hydrogens (tertiary/aromatic N) is 5. The minimum atomic E-state index is -0.636. The van der Waals surface area contributed by atoms with Gasteiger partial charge in [-0.05, 0) is 24.3 Å². The molecule has 0 saturated carbocycles. The van der Waals surface area contributed by atoms with Gasteiger partial charge in [-0.3, -0.25) is 14.5 Å². The lowest BCUT2D eigenvalue weighted by atomic mass is 10.0. The Bertz CT molecular complexity index is 1300. The largest absolute Gasteiger partial charge is 0.370 e. The van der Waals surface area contributed by atoms with E-state index in [0.29, 0.717) is 35.6 Å². The molecule has 4 aromatic rings. The first-order chi connectivity index (χ1) is 16.5. The number of benzene rings is 1. The van der Waals surface area contributed by atoms with Gasteiger partial charge in [-0.15, -0.1) is 0 Å². The summed E-state index contributed by atoms with van der Waals surface area (Å²) in [5, 5.41) is 10.7. The number of carbonyl (C=O) groups excluding carboxylic acids is 1. The highest BCUT2D eigenvalue weighted by Crippen LogP contribution is 2.24. The topological polar surface area (TPSA) is 97.6 Å². The predicted octanol–water partition coefficient (Wildman–Crippen LogP) is 4.09. The average molecular weight is 462 g/mol. The number of pyridine rings is 1. The minimum absolute atomic E-state index is 0.0108. The number of nitrogens with one attached hydrogen (secondary N) is 2. The molecule has 0 aliphatic rings. The molecule has 1 aromatic carbocycles. The molecule has 0 radical (unpaired) electrons. The van der Waals surface area contributed by atoms with E-state index < -0.39 is 11.7 Å². The van der Waals surface area contributed by atoms with Crippen molar-refractivity contribution in [1.29, 1.82) is 0 Å². The molecule has 176 valence electrons. The van der Waals surface area contributed by atoms with E-state index in [4.69, 9.17) is 0 Å². The molecule has 0 fully saturated rings. The molecule has 34 heavy (non-hydrogen) atoms. The summed E-state index contributed by atoms with van der Waals surface area (Å²) in [4.78, 5) is 25.1. The number of halogens is 1. The maximum absolute atomic E-state index is 14.3. The number of amides is 1. The van der Waals surface area contributed by atoms with Crippen molar-refractivity contribution < 1.29 is 9.18 Å². The van der Waals surface area contributed by atoms with Crippen LogP contribution in [0.4, 0.5) is 10.2 Å². The fourth-order valence-corrected chi connectivity index (χ4v) is 3.76. The third kappa shape index (κ3) is 5.19. The molecular weight excluding hydrogens is 433 g/mol. The van der Waals surface area contributed by atoms with Gasteiger partial charge in [0.25, 0.3) is 5.91 Å². The summed E-state index contributed by atoms with van der Waals surface area (Å²) in [6.45, 7) is 5.84. The Kier molecular flexibility index (Phi) is 7.10. The second-order valence-electron chi connectivity index (χ2n) is 8.51. The van der Waals surface area contributed by atoms with E-state index in [1.807, 2.05) is 35.3 Å². The van der Waals surface area contributed by atoms with Crippen LogP contribution in [0.15, 0.2) is 49.2 Å². The van der Waals surface area contributed by atoms with Crippen LogP contribution in [0, 0.1) is 11.7 Å². The van der Waals surface area contributed by atoms with E-state index in [2.05, 4.69) is 44.5 Å². The first kappa shape index (κ1) is 23.3. The Hall–Kier alpha value is -3.88. The quantitative estimate of drug-likeness (QED) is 0.390. The van der Waals surface area contributed by atoms with Crippen LogP contribution in [0.25, 0.3) is 22.2 Å². The summed E-state index contributed by atoms with van der Waals surface area (Å²) in [6, 6.07) is 7.35. The van der Waals surface area contributed by atoms with Gasteiger partial charge in [-0.25, -0.2) is 14.4 Å². The smallest absolute Gasteiger partial charge is 0.254 e. The number of hydrogen-bond donors (Lipinski definition) is 2. The number of aromatic nitrogens is 5. The lowest BCUT2D eigenvalue weighted by Gasteiger charge is -2.11. The van der Waals surface area contributed by atoms with Crippen LogP contribution in [0.1, 0.15) is 36.2 Å². The van der Waals surface area contributed by atoms with Gasteiger partial charge in [0.15, 0.2) is 5.82 Å². The maximum atomic E-state index is 14.3. The van der Waals surface area contributed by atoms with E-state index >= 15 is 0 Å². The molecular formula is C25H28FN7O. The summed E-state index contributed by atoms with van der Waals surface area (Å²) in [7, 11) is 1.48. The van der Waals surface area contributed by atoms with Crippen molar-refractivity contribution in [1.82, 2.24) is 30.0 Å². The van der Waals surface area contributed by atoms with E-state index in [9.17, 15) is 9.18 Å². The Labute approximate surface area is 197 Å². The maximum Gasteiger partial charge on any atom is 0.254 e. The highest BCUT2D eigenvalue weighted by atomic mass is 19.1. The van der Waals surface area contributed by atoms with Crippen molar-refractivity contribution in [2.75, 3.05) is 18.9 Å². The van der Waals surface area contributed by atoms with Crippen molar-refractivity contribution >= 4 is 22.6 Å². The van der Waals surface area contributed by atoms with Crippen molar-refractivity contribution in [2.45, 2.75) is 33.2 Å². The summed E-state index contributed by atoms with van der Waals surface area (Å²) in [5.74, 6) is 0.212. The number of fused-ring (bicyclic) bond motifs is 1. The summed E-state index contributed by atoms with van der Waals surface area (Å²) in [6.07, 6.45) is 8.13. The average Bonchev–Trinajstić information content (AvgIpc) is 3.32. The summed E-state index contributed by atoms with van der Waals surface area (Å²) >= 11 is 0. The third-order valence-electron chi connectivity index (χ3n) is 5.62. The number of carbonyl (C=O) groups is 1. The van der Waals surface area contributed by atoms with Crippen LogP contribution in [-0.4, -0.2) is 44.2 Å². The molecule has 0 atom stereocenters. The monoisotopic (exact) mass is 461 g/mol. The van der Waals surface area contributed by atoms with Crippen LogP contribution in [-0.2, 0) is 13.0 Å². The SMILES string of the molecule is CNC(=O)c1c(F)cnc2c(CCNc3cc(-c4cnn(CCC(C)C)c4)ncn3)cccc12. The second-order valence-corrected chi connectivity index (χ2v) is 8.51.